The van der Waals surface area contributed by atoms with Gasteiger partial charge >= 0.3 is 0 Å². The van der Waals surface area contributed by atoms with Crippen LogP contribution in [0.25, 0.3) is 5.69 Å². The SMILES string of the molecule is Cc1ccc(C(=O)NCCc2ccc(Cl)cc2Cl)c(=O)n1-c1cccc(C#N)c1. The zero-order valence-electron chi connectivity index (χ0n) is 15.6. The van der Waals surface area contributed by atoms with Crippen molar-refractivity contribution in [3.63, 3.8) is 0 Å². The molecule has 146 valence electrons. The first-order valence-electron chi connectivity index (χ1n) is 8.86. The number of carbonyl (C=O) groups excluding carboxylic acids is 1. The van der Waals surface area contributed by atoms with E-state index in [4.69, 9.17) is 28.5 Å². The summed E-state index contributed by atoms with van der Waals surface area (Å²) in [6.45, 7) is 2.09. The lowest BCUT2D eigenvalue weighted by Crippen LogP contribution is -2.34. The van der Waals surface area contributed by atoms with Gasteiger partial charge in [-0.3, -0.25) is 14.2 Å². The van der Waals surface area contributed by atoms with Crippen molar-refractivity contribution in [2.75, 3.05) is 6.54 Å². The van der Waals surface area contributed by atoms with Crippen LogP contribution in [0.4, 0.5) is 0 Å². The second-order valence-electron chi connectivity index (χ2n) is 6.43. The number of amides is 1. The quantitative estimate of drug-likeness (QED) is 0.661. The summed E-state index contributed by atoms with van der Waals surface area (Å²) in [6, 6.07) is 17.1. The van der Waals surface area contributed by atoms with Crippen LogP contribution < -0.4 is 10.9 Å². The van der Waals surface area contributed by atoms with Crippen molar-refractivity contribution in [2.24, 2.45) is 0 Å². The van der Waals surface area contributed by atoms with Gasteiger partial charge in [0.05, 0.1) is 17.3 Å². The van der Waals surface area contributed by atoms with Gasteiger partial charge in [0.25, 0.3) is 11.5 Å². The number of aryl methyl sites for hydroxylation is 1. The normalized spacial score (nSPS) is 10.4. The van der Waals surface area contributed by atoms with Gasteiger partial charge in [-0.05, 0) is 61.4 Å². The molecule has 0 aliphatic carbocycles. The van der Waals surface area contributed by atoms with Crippen LogP contribution in [0.1, 0.15) is 27.2 Å². The summed E-state index contributed by atoms with van der Waals surface area (Å²) in [5.41, 5.74) is 2.07. The summed E-state index contributed by atoms with van der Waals surface area (Å²) >= 11 is 12.0. The molecule has 0 atom stereocenters. The van der Waals surface area contributed by atoms with E-state index in [0.29, 0.717) is 40.0 Å². The van der Waals surface area contributed by atoms with Crippen molar-refractivity contribution in [3.8, 4) is 11.8 Å². The lowest BCUT2D eigenvalue weighted by Gasteiger charge is -2.13. The molecule has 0 saturated heterocycles. The van der Waals surface area contributed by atoms with Gasteiger partial charge in [0.1, 0.15) is 5.56 Å². The molecule has 0 aliphatic heterocycles. The first-order valence-corrected chi connectivity index (χ1v) is 9.61. The molecule has 3 aromatic rings. The maximum absolute atomic E-state index is 12.9. The summed E-state index contributed by atoms with van der Waals surface area (Å²) in [5.74, 6) is -0.467. The first-order chi connectivity index (χ1) is 13.9. The zero-order valence-corrected chi connectivity index (χ0v) is 17.1. The fourth-order valence-electron chi connectivity index (χ4n) is 2.97. The highest BCUT2D eigenvalue weighted by atomic mass is 35.5. The van der Waals surface area contributed by atoms with Gasteiger partial charge in [-0.1, -0.05) is 35.3 Å². The summed E-state index contributed by atoms with van der Waals surface area (Å²) in [7, 11) is 0. The summed E-state index contributed by atoms with van der Waals surface area (Å²) in [4.78, 5) is 25.5. The molecule has 5 nitrogen and oxygen atoms in total. The highest BCUT2D eigenvalue weighted by Gasteiger charge is 2.15. The van der Waals surface area contributed by atoms with E-state index in [1.807, 2.05) is 0 Å². The molecule has 1 amide bonds. The second-order valence-corrected chi connectivity index (χ2v) is 7.28. The van der Waals surface area contributed by atoms with Gasteiger partial charge < -0.3 is 5.32 Å². The van der Waals surface area contributed by atoms with Crippen molar-refractivity contribution >= 4 is 29.1 Å². The van der Waals surface area contributed by atoms with Crippen molar-refractivity contribution in [1.29, 1.82) is 5.26 Å². The molecule has 0 fully saturated rings. The van der Waals surface area contributed by atoms with E-state index in [9.17, 15) is 9.59 Å². The molecule has 0 bridgehead atoms. The maximum atomic E-state index is 12.9. The Labute approximate surface area is 178 Å². The number of nitrogens with one attached hydrogen (secondary N) is 1. The Morgan fingerprint density at radius 3 is 2.66 bits per heavy atom. The van der Waals surface area contributed by atoms with Crippen LogP contribution in [0.3, 0.4) is 0 Å². The smallest absolute Gasteiger partial charge is 0.268 e. The molecule has 2 aromatic carbocycles. The van der Waals surface area contributed by atoms with Gasteiger partial charge in [-0.25, -0.2) is 0 Å². The van der Waals surface area contributed by atoms with Crippen molar-refractivity contribution in [1.82, 2.24) is 9.88 Å². The Balaban J connectivity index is 1.81. The molecule has 0 unspecified atom stereocenters. The predicted molar refractivity (Wildman–Crippen MR) is 114 cm³/mol. The lowest BCUT2D eigenvalue weighted by atomic mass is 10.1. The van der Waals surface area contributed by atoms with E-state index in [-0.39, 0.29) is 5.56 Å². The number of halogens is 2. The third kappa shape index (κ3) is 4.68. The Kier molecular flexibility index (Phi) is 6.38. The molecule has 1 N–H and O–H groups in total. The number of nitrogens with zero attached hydrogens (tertiary/aromatic N) is 2. The predicted octanol–water partition coefficient (Wildman–Crippen LogP) is 4.30. The molecule has 0 radical (unpaired) electrons. The molecule has 1 aromatic heterocycles. The minimum atomic E-state index is -0.467. The van der Waals surface area contributed by atoms with Gasteiger partial charge in [0.15, 0.2) is 0 Å². The van der Waals surface area contributed by atoms with Gasteiger partial charge in [0, 0.05) is 22.3 Å². The lowest BCUT2D eigenvalue weighted by molar-refractivity contribution is 0.0952. The number of rotatable bonds is 5. The van der Waals surface area contributed by atoms with Crippen LogP contribution >= 0.6 is 23.2 Å². The van der Waals surface area contributed by atoms with Crippen LogP contribution in [0.2, 0.25) is 10.0 Å². The molecule has 3 rings (SSSR count). The summed E-state index contributed by atoms with van der Waals surface area (Å²) in [5, 5.41) is 12.9. The van der Waals surface area contributed by atoms with E-state index in [2.05, 4.69) is 11.4 Å². The monoisotopic (exact) mass is 425 g/mol. The molecular formula is C22H17Cl2N3O2. The largest absolute Gasteiger partial charge is 0.352 e. The molecule has 0 aliphatic rings. The third-order valence-corrected chi connectivity index (χ3v) is 5.04. The Bertz CT molecular complexity index is 1180. The average molecular weight is 426 g/mol. The van der Waals surface area contributed by atoms with Gasteiger partial charge in [0.2, 0.25) is 0 Å². The minimum absolute atomic E-state index is 0.0279. The Hall–Kier alpha value is -3.07. The Morgan fingerprint density at radius 2 is 1.93 bits per heavy atom. The first kappa shape index (κ1) is 20.7. The van der Waals surface area contributed by atoms with Crippen LogP contribution in [0, 0.1) is 18.3 Å². The molecule has 0 spiro atoms. The maximum Gasteiger partial charge on any atom is 0.268 e. The standard InChI is InChI=1S/C22H17Cl2N3O2/c1-14-5-8-19(22(29)27(14)18-4-2-3-15(11-18)13-25)21(28)26-10-9-16-6-7-17(23)12-20(16)24/h2-8,11-12H,9-10H2,1H3,(H,26,28). The molecule has 7 heteroatoms. The zero-order chi connectivity index (χ0) is 21.0. The fourth-order valence-corrected chi connectivity index (χ4v) is 3.47. The van der Waals surface area contributed by atoms with Gasteiger partial charge in [-0.2, -0.15) is 5.26 Å². The number of carbonyl (C=O) groups is 1. The summed E-state index contributed by atoms with van der Waals surface area (Å²) in [6.07, 6.45) is 0.506. The number of benzene rings is 2. The van der Waals surface area contributed by atoms with E-state index in [1.54, 1.807) is 55.5 Å². The number of hydrogen-bond donors (Lipinski definition) is 1. The summed E-state index contributed by atoms with van der Waals surface area (Å²) < 4.78 is 1.42. The highest BCUT2D eigenvalue weighted by Crippen LogP contribution is 2.21. The topological polar surface area (TPSA) is 74.9 Å². The van der Waals surface area contributed by atoms with Crippen LogP contribution in [-0.4, -0.2) is 17.0 Å². The molecular weight excluding hydrogens is 409 g/mol. The number of aromatic nitrogens is 1. The number of pyridine rings is 1. The number of hydrogen-bond acceptors (Lipinski definition) is 3. The highest BCUT2D eigenvalue weighted by molar-refractivity contribution is 6.35. The van der Waals surface area contributed by atoms with Crippen LogP contribution in [-0.2, 0) is 6.42 Å². The molecule has 0 saturated carbocycles. The molecule has 29 heavy (non-hydrogen) atoms. The average Bonchev–Trinajstić information content (AvgIpc) is 2.70. The van der Waals surface area contributed by atoms with E-state index < -0.39 is 11.5 Å². The van der Waals surface area contributed by atoms with Crippen molar-refractivity contribution < 1.29 is 4.79 Å². The van der Waals surface area contributed by atoms with Gasteiger partial charge in [-0.15, -0.1) is 0 Å². The second kappa shape index (κ2) is 8.95. The Morgan fingerprint density at radius 1 is 1.14 bits per heavy atom. The van der Waals surface area contributed by atoms with E-state index in [0.717, 1.165) is 5.56 Å². The molecule has 1 heterocycles. The van der Waals surface area contributed by atoms with E-state index >= 15 is 0 Å². The number of nitriles is 1. The van der Waals surface area contributed by atoms with Crippen LogP contribution in [0.5, 0.6) is 0 Å². The van der Waals surface area contributed by atoms with E-state index in [1.165, 1.54) is 10.6 Å². The fraction of sp³-hybridized carbons (Fsp3) is 0.136. The van der Waals surface area contributed by atoms with Crippen molar-refractivity contribution in [2.45, 2.75) is 13.3 Å². The minimum Gasteiger partial charge on any atom is -0.352 e. The third-order valence-electron chi connectivity index (χ3n) is 4.45. The van der Waals surface area contributed by atoms with Crippen LogP contribution in [0.15, 0.2) is 59.4 Å². The van der Waals surface area contributed by atoms with Crippen molar-refractivity contribution in [3.05, 3.63) is 97.4 Å².